The van der Waals surface area contributed by atoms with Crippen LogP contribution in [0.25, 0.3) is 81.5 Å². The Morgan fingerprint density at radius 2 is 1.07 bits per heavy atom. The van der Waals surface area contributed by atoms with Crippen LogP contribution in [0, 0.1) is 0 Å². The highest BCUT2D eigenvalue weighted by Crippen LogP contribution is 2.46. The quantitative estimate of drug-likeness (QED) is 0.161. The molecule has 0 N–H and O–H groups in total. The molecule has 9 aromatic carbocycles. The lowest BCUT2D eigenvalue weighted by atomic mass is 9.93. The summed E-state index contributed by atoms with van der Waals surface area (Å²) >= 11 is 1.96. The largest absolute Gasteiger partial charge is 0.309 e. The van der Waals surface area contributed by atoms with Gasteiger partial charge in [-0.3, -0.25) is 0 Å². The molecule has 1 aliphatic rings. The van der Waals surface area contributed by atoms with Crippen molar-refractivity contribution in [3.63, 3.8) is 0 Å². The molecule has 0 atom stereocenters. The summed E-state index contributed by atoms with van der Waals surface area (Å²) in [4.78, 5) is 3.95. The average Bonchev–Trinajstić information content (AvgIpc) is 3.63. The standard InChI is InChI=1S/C52H35NS/c1-3-15-42-34(11-1)23-24-35-25-26-38(32-48(35)42)37-13-9-14-41(31-37)53(50-21-10-20-47-46-19-7-8-22-51(46)54-52(47)50)40-29-27-36(28-30-40)49-33-39-12-2-4-16-43(39)44-17-5-6-18-45(44)49/h1-7,9-21,23-33H,8,22H2. The highest BCUT2D eigenvalue weighted by atomic mass is 32.1. The van der Waals surface area contributed by atoms with Gasteiger partial charge >= 0.3 is 0 Å². The first-order valence-electron chi connectivity index (χ1n) is 18.8. The van der Waals surface area contributed by atoms with Gasteiger partial charge in [0, 0.05) is 21.6 Å². The SMILES string of the molecule is C1=Cc2c(sc3c(N(c4ccc(-c5cc6ccccc6c6ccccc56)cc4)c4cccc(-c5ccc6ccc7ccccc7c6c5)c4)cccc23)CC1. The summed E-state index contributed by atoms with van der Waals surface area (Å²) in [5, 5.41) is 11.6. The first-order chi connectivity index (χ1) is 26.8. The van der Waals surface area contributed by atoms with E-state index in [9.17, 15) is 0 Å². The third-order valence-electron chi connectivity index (χ3n) is 11.3. The zero-order valence-electron chi connectivity index (χ0n) is 29.7. The van der Waals surface area contributed by atoms with Crippen LogP contribution in [0.2, 0.25) is 0 Å². The van der Waals surface area contributed by atoms with Gasteiger partial charge in [0.15, 0.2) is 0 Å². The summed E-state index contributed by atoms with van der Waals surface area (Å²) in [7, 11) is 0. The Kier molecular flexibility index (Phi) is 7.24. The third-order valence-corrected chi connectivity index (χ3v) is 12.6. The minimum atomic E-state index is 1.10. The molecule has 1 heterocycles. The number of thiophene rings is 1. The molecule has 11 rings (SSSR count). The molecule has 54 heavy (non-hydrogen) atoms. The van der Waals surface area contributed by atoms with Gasteiger partial charge in [-0.05, 0) is 126 Å². The van der Waals surface area contributed by atoms with Crippen molar-refractivity contribution in [3.05, 3.63) is 192 Å². The van der Waals surface area contributed by atoms with Gasteiger partial charge in [0.1, 0.15) is 0 Å². The second-order valence-corrected chi connectivity index (χ2v) is 15.5. The van der Waals surface area contributed by atoms with Crippen molar-refractivity contribution >= 4 is 87.7 Å². The number of aryl methyl sites for hydroxylation is 1. The number of hydrogen-bond donors (Lipinski definition) is 0. The number of anilines is 3. The number of allylic oxidation sites excluding steroid dienone is 1. The highest BCUT2D eigenvalue weighted by Gasteiger charge is 2.21. The van der Waals surface area contributed by atoms with Gasteiger partial charge in [0.25, 0.3) is 0 Å². The van der Waals surface area contributed by atoms with E-state index >= 15 is 0 Å². The second-order valence-electron chi connectivity index (χ2n) is 14.4. The maximum Gasteiger partial charge on any atom is 0.0640 e. The molecular weight excluding hydrogens is 671 g/mol. The normalized spacial score (nSPS) is 12.6. The summed E-state index contributed by atoms with van der Waals surface area (Å²) in [5.41, 5.74) is 9.77. The minimum absolute atomic E-state index is 1.10. The van der Waals surface area contributed by atoms with E-state index in [0.29, 0.717) is 0 Å². The third kappa shape index (κ3) is 5.06. The number of benzene rings is 9. The topological polar surface area (TPSA) is 3.24 Å². The number of nitrogens with zero attached hydrogens (tertiary/aromatic N) is 1. The summed E-state index contributed by atoms with van der Waals surface area (Å²) in [6.07, 6.45) is 6.86. The first-order valence-corrected chi connectivity index (χ1v) is 19.6. The van der Waals surface area contributed by atoms with Crippen molar-refractivity contribution in [2.24, 2.45) is 0 Å². The van der Waals surface area contributed by atoms with Crippen molar-refractivity contribution < 1.29 is 0 Å². The molecule has 0 saturated carbocycles. The zero-order valence-corrected chi connectivity index (χ0v) is 30.5. The van der Waals surface area contributed by atoms with Crippen LogP contribution in [0.3, 0.4) is 0 Å². The van der Waals surface area contributed by atoms with Gasteiger partial charge in [0.2, 0.25) is 0 Å². The fourth-order valence-corrected chi connectivity index (χ4v) is 9.96. The smallest absolute Gasteiger partial charge is 0.0640 e. The lowest BCUT2D eigenvalue weighted by Gasteiger charge is -2.27. The van der Waals surface area contributed by atoms with Gasteiger partial charge in [-0.15, -0.1) is 11.3 Å². The van der Waals surface area contributed by atoms with Gasteiger partial charge in [-0.25, -0.2) is 0 Å². The molecule has 0 fully saturated rings. The molecule has 0 amide bonds. The van der Waals surface area contributed by atoms with Crippen LogP contribution in [0.1, 0.15) is 16.9 Å². The number of hydrogen-bond acceptors (Lipinski definition) is 2. The van der Waals surface area contributed by atoms with Crippen LogP contribution in [-0.4, -0.2) is 0 Å². The Labute approximate surface area is 318 Å². The van der Waals surface area contributed by atoms with Crippen LogP contribution in [0.15, 0.2) is 182 Å². The van der Waals surface area contributed by atoms with Crippen molar-refractivity contribution in [3.8, 4) is 22.3 Å². The summed E-state index contributed by atoms with van der Waals surface area (Å²) in [6, 6.07) is 65.1. The molecule has 10 aromatic rings. The highest BCUT2D eigenvalue weighted by molar-refractivity contribution is 7.20. The molecular formula is C52H35NS. The summed E-state index contributed by atoms with van der Waals surface area (Å²) in [6.45, 7) is 0. The van der Waals surface area contributed by atoms with Crippen LogP contribution >= 0.6 is 11.3 Å². The van der Waals surface area contributed by atoms with E-state index in [-0.39, 0.29) is 0 Å². The Bertz CT molecular complexity index is 3110. The maximum absolute atomic E-state index is 2.47. The molecule has 1 aromatic heterocycles. The first kappa shape index (κ1) is 31.1. The van der Waals surface area contributed by atoms with Crippen molar-refractivity contribution in [2.75, 3.05) is 4.90 Å². The van der Waals surface area contributed by atoms with Gasteiger partial charge in [-0.1, -0.05) is 146 Å². The molecule has 0 aliphatic heterocycles. The fraction of sp³-hybridized carbons (Fsp3) is 0.0385. The lowest BCUT2D eigenvalue weighted by Crippen LogP contribution is -2.10. The minimum Gasteiger partial charge on any atom is -0.309 e. The van der Waals surface area contributed by atoms with E-state index in [1.54, 1.807) is 0 Å². The van der Waals surface area contributed by atoms with Gasteiger partial charge in [0.05, 0.1) is 10.4 Å². The molecule has 0 spiro atoms. The Morgan fingerprint density at radius 3 is 1.93 bits per heavy atom. The van der Waals surface area contributed by atoms with E-state index in [0.717, 1.165) is 24.2 Å². The predicted molar refractivity (Wildman–Crippen MR) is 235 cm³/mol. The molecule has 254 valence electrons. The van der Waals surface area contributed by atoms with Crippen LogP contribution in [0.5, 0.6) is 0 Å². The van der Waals surface area contributed by atoms with Gasteiger partial charge in [-0.2, -0.15) is 0 Å². The molecule has 0 unspecified atom stereocenters. The Morgan fingerprint density at radius 1 is 0.426 bits per heavy atom. The van der Waals surface area contributed by atoms with E-state index in [4.69, 9.17) is 0 Å². The molecule has 1 nitrogen and oxygen atoms in total. The fourth-order valence-electron chi connectivity index (χ4n) is 8.65. The van der Waals surface area contributed by atoms with Crippen LogP contribution in [0.4, 0.5) is 17.1 Å². The molecule has 2 heteroatoms. The number of fused-ring (bicyclic) bond motifs is 9. The summed E-state index contributed by atoms with van der Waals surface area (Å²) in [5.74, 6) is 0. The van der Waals surface area contributed by atoms with E-state index in [1.807, 2.05) is 11.3 Å². The molecule has 1 aliphatic carbocycles. The van der Waals surface area contributed by atoms with Crippen LogP contribution < -0.4 is 4.90 Å². The average molecular weight is 706 g/mol. The zero-order chi connectivity index (χ0) is 35.6. The Balaban J connectivity index is 1.08. The maximum atomic E-state index is 2.47. The van der Waals surface area contributed by atoms with E-state index in [1.165, 1.54) is 91.6 Å². The predicted octanol–water partition coefficient (Wildman–Crippen LogP) is 15.3. The van der Waals surface area contributed by atoms with E-state index < -0.39 is 0 Å². The summed E-state index contributed by atoms with van der Waals surface area (Å²) < 4.78 is 1.33. The lowest BCUT2D eigenvalue weighted by molar-refractivity contribution is 1.02. The van der Waals surface area contributed by atoms with Gasteiger partial charge < -0.3 is 4.90 Å². The van der Waals surface area contributed by atoms with Crippen LogP contribution in [-0.2, 0) is 6.42 Å². The molecule has 0 bridgehead atoms. The second kappa shape index (κ2) is 12.6. The van der Waals surface area contributed by atoms with Crippen molar-refractivity contribution in [1.29, 1.82) is 0 Å². The monoisotopic (exact) mass is 705 g/mol. The number of rotatable bonds is 5. The molecule has 0 saturated heterocycles. The molecule has 0 radical (unpaired) electrons. The Hall–Kier alpha value is -6.48. The van der Waals surface area contributed by atoms with Crippen molar-refractivity contribution in [1.82, 2.24) is 0 Å². The van der Waals surface area contributed by atoms with E-state index in [2.05, 4.69) is 193 Å². The van der Waals surface area contributed by atoms with Crippen molar-refractivity contribution in [2.45, 2.75) is 12.8 Å².